The molecule has 3 rings (SSSR count). The molecule has 2 heteroatoms. The van der Waals surface area contributed by atoms with Gasteiger partial charge < -0.3 is 0 Å². The highest BCUT2D eigenvalue weighted by Gasteiger charge is 2.03. The lowest BCUT2D eigenvalue weighted by Gasteiger charge is -2.04. The molecule has 0 aliphatic rings. The van der Waals surface area contributed by atoms with E-state index in [4.69, 9.17) is 0 Å². The Morgan fingerprint density at radius 1 is 0.933 bits per heavy atom. The van der Waals surface area contributed by atoms with Crippen LogP contribution in [-0.4, -0.2) is 9.97 Å². The maximum atomic E-state index is 4.39. The molecule has 0 spiro atoms. The molecule has 15 heavy (non-hydrogen) atoms. The molecule has 0 unspecified atom stereocenters. The van der Waals surface area contributed by atoms with Crippen LogP contribution < -0.4 is 0 Å². The molecule has 0 aliphatic heterocycles. The third kappa shape index (κ3) is 1.18. The van der Waals surface area contributed by atoms with E-state index < -0.39 is 0 Å². The van der Waals surface area contributed by atoms with Gasteiger partial charge in [0.1, 0.15) is 0 Å². The van der Waals surface area contributed by atoms with Gasteiger partial charge in [0.05, 0.1) is 17.2 Å². The zero-order valence-corrected chi connectivity index (χ0v) is 8.44. The number of nitrogens with zero attached hydrogens (tertiary/aromatic N) is 2. The lowest BCUT2D eigenvalue weighted by molar-refractivity contribution is 1.33. The smallest absolute Gasteiger partial charge is 0.0894 e. The number of para-hydroxylation sites is 1. The normalized spacial score (nSPS) is 11.0. The summed E-state index contributed by atoms with van der Waals surface area (Å²) < 4.78 is 0. The number of fused-ring (bicyclic) bond motifs is 3. The van der Waals surface area contributed by atoms with Crippen molar-refractivity contribution in [1.29, 1.82) is 0 Å². The van der Waals surface area contributed by atoms with Crippen LogP contribution >= 0.6 is 0 Å². The van der Waals surface area contributed by atoms with Gasteiger partial charge in [0.15, 0.2) is 0 Å². The van der Waals surface area contributed by atoms with Gasteiger partial charge in [0, 0.05) is 17.0 Å². The molecule has 2 nitrogen and oxygen atoms in total. The van der Waals surface area contributed by atoms with E-state index in [-0.39, 0.29) is 0 Å². The second-order valence-corrected chi connectivity index (χ2v) is 3.66. The molecular weight excluding hydrogens is 184 g/mol. The number of hydrogen-bond acceptors (Lipinski definition) is 2. The predicted molar refractivity (Wildman–Crippen MR) is 61.8 cm³/mol. The van der Waals surface area contributed by atoms with Gasteiger partial charge in [0.25, 0.3) is 0 Å². The van der Waals surface area contributed by atoms with Crippen LogP contribution in [0.1, 0.15) is 5.56 Å². The van der Waals surface area contributed by atoms with Crippen molar-refractivity contribution in [2.24, 2.45) is 0 Å². The Hall–Kier alpha value is -1.96. The lowest BCUT2D eigenvalue weighted by Crippen LogP contribution is -1.86. The number of aryl methyl sites for hydroxylation is 1. The van der Waals surface area contributed by atoms with Crippen molar-refractivity contribution in [2.45, 2.75) is 6.92 Å². The fourth-order valence-electron chi connectivity index (χ4n) is 1.96. The third-order valence-corrected chi connectivity index (χ3v) is 2.69. The maximum absolute atomic E-state index is 4.39. The molecule has 0 aliphatic carbocycles. The second kappa shape index (κ2) is 3.02. The minimum absolute atomic E-state index is 0.966. The van der Waals surface area contributed by atoms with Gasteiger partial charge in [-0.1, -0.05) is 18.2 Å². The Balaban J connectivity index is 2.64. The van der Waals surface area contributed by atoms with E-state index in [1.807, 2.05) is 36.7 Å². The Kier molecular flexibility index (Phi) is 1.68. The minimum atomic E-state index is 0.966. The molecule has 2 heterocycles. The monoisotopic (exact) mass is 194 g/mol. The van der Waals surface area contributed by atoms with Gasteiger partial charge in [-0.15, -0.1) is 0 Å². The van der Waals surface area contributed by atoms with E-state index >= 15 is 0 Å². The number of pyridine rings is 2. The van der Waals surface area contributed by atoms with Gasteiger partial charge >= 0.3 is 0 Å². The lowest BCUT2D eigenvalue weighted by atomic mass is 10.1. The molecule has 0 radical (unpaired) electrons. The van der Waals surface area contributed by atoms with E-state index in [1.165, 1.54) is 16.3 Å². The third-order valence-electron chi connectivity index (χ3n) is 2.69. The highest BCUT2D eigenvalue weighted by molar-refractivity contribution is 6.05. The van der Waals surface area contributed by atoms with Crippen molar-refractivity contribution in [1.82, 2.24) is 9.97 Å². The summed E-state index contributed by atoms with van der Waals surface area (Å²) in [5.41, 5.74) is 3.24. The molecule has 72 valence electrons. The van der Waals surface area contributed by atoms with Crippen molar-refractivity contribution < 1.29 is 0 Å². The van der Waals surface area contributed by atoms with E-state index in [0.717, 1.165) is 11.0 Å². The summed E-state index contributed by atoms with van der Waals surface area (Å²) in [7, 11) is 0. The Labute approximate surface area is 87.6 Å². The summed E-state index contributed by atoms with van der Waals surface area (Å²) in [6.45, 7) is 2.11. The molecule has 0 atom stereocenters. The van der Waals surface area contributed by atoms with Crippen LogP contribution in [0.15, 0.2) is 42.7 Å². The van der Waals surface area contributed by atoms with Gasteiger partial charge in [-0.05, 0) is 24.6 Å². The van der Waals surface area contributed by atoms with E-state index in [1.54, 1.807) is 0 Å². The predicted octanol–water partition coefficient (Wildman–Crippen LogP) is 3.09. The van der Waals surface area contributed by atoms with Crippen molar-refractivity contribution in [2.75, 3.05) is 0 Å². The van der Waals surface area contributed by atoms with E-state index in [2.05, 4.69) is 23.0 Å². The van der Waals surface area contributed by atoms with Crippen LogP contribution in [0, 0.1) is 6.92 Å². The van der Waals surface area contributed by atoms with Gasteiger partial charge in [-0.25, -0.2) is 0 Å². The molecule has 0 bridgehead atoms. The van der Waals surface area contributed by atoms with Crippen LogP contribution in [0.25, 0.3) is 21.8 Å². The molecule has 0 saturated carbocycles. The van der Waals surface area contributed by atoms with Crippen molar-refractivity contribution in [3.8, 4) is 0 Å². The van der Waals surface area contributed by atoms with Crippen molar-refractivity contribution >= 4 is 21.8 Å². The van der Waals surface area contributed by atoms with Crippen LogP contribution in [0.5, 0.6) is 0 Å². The van der Waals surface area contributed by atoms with Crippen LogP contribution in [-0.2, 0) is 0 Å². The average molecular weight is 194 g/mol. The molecular formula is C13H10N2. The minimum Gasteiger partial charge on any atom is -0.255 e. The molecule has 2 aromatic heterocycles. The molecule has 1 aromatic carbocycles. The largest absolute Gasteiger partial charge is 0.255 e. The van der Waals surface area contributed by atoms with Crippen LogP contribution in [0.4, 0.5) is 0 Å². The first-order valence-electron chi connectivity index (χ1n) is 4.95. The molecule has 0 amide bonds. The number of rotatable bonds is 0. The van der Waals surface area contributed by atoms with Crippen LogP contribution in [0.3, 0.4) is 0 Å². The van der Waals surface area contributed by atoms with Gasteiger partial charge in [-0.2, -0.15) is 0 Å². The Morgan fingerprint density at radius 2 is 1.80 bits per heavy atom. The first kappa shape index (κ1) is 8.36. The SMILES string of the molecule is Cc1ccnc2cnc3ccccc3c12. The fourth-order valence-corrected chi connectivity index (χ4v) is 1.96. The summed E-state index contributed by atoms with van der Waals surface area (Å²) in [5.74, 6) is 0. The second-order valence-electron chi connectivity index (χ2n) is 3.66. The maximum Gasteiger partial charge on any atom is 0.0894 e. The molecule has 0 saturated heterocycles. The number of aromatic nitrogens is 2. The van der Waals surface area contributed by atoms with Crippen molar-refractivity contribution in [3.63, 3.8) is 0 Å². The van der Waals surface area contributed by atoms with Gasteiger partial charge in [-0.3, -0.25) is 9.97 Å². The topological polar surface area (TPSA) is 25.8 Å². The highest BCUT2D eigenvalue weighted by Crippen LogP contribution is 2.24. The van der Waals surface area contributed by atoms with E-state index in [0.29, 0.717) is 0 Å². The standard InChI is InChI=1S/C13H10N2/c1-9-6-7-14-12-8-15-11-5-3-2-4-10(11)13(9)12/h2-8H,1H3. The highest BCUT2D eigenvalue weighted by atomic mass is 14.7. The summed E-state index contributed by atoms with van der Waals surface area (Å²) in [6.07, 6.45) is 3.67. The zero-order valence-electron chi connectivity index (χ0n) is 8.44. The number of hydrogen-bond donors (Lipinski definition) is 0. The summed E-state index contributed by atoms with van der Waals surface area (Å²) in [5, 5.41) is 2.39. The first-order valence-corrected chi connectivity index (χ1v) is 4.95. The average Bonchev–Trinajstić information content (AvgIpc) is 2.29. The molecule has 3 aromatic rings. The quantitative estimate of drug-likeness (QED) is 0.514. The van der Waals surface area contributed by atoms with Gasteiger partial charge in [0.2, 0.25) is 0 Å². The summed E-state index contributed by atoms with van der Waals surface area (Å²) in [4.78, 5) is 8.72. The molecule has 0 fully saturated rings. The van der Waals surface area contributed by atoms with E-state index in [9.17, 15) is 0 Å². The Morgan fingerprint density at radius 3 is 2.73 bits per heavy atom. The number of benzene rings is 1. The summed E-state index contributed by atoms with van der Waals surface area (Å²) in [6, 6.07) is 10.2. The molecule has 0 N–H and O–H groups in total. The van der Waals surface area contributed by atoms with Crippen LogP contribution in [0.2, 0.25) is 0 Å². The Bertz CT molecular complexity index is 644. The first-order chi connectivity index (χ1) is 7.36. The zero-order chi connectivity index (χ0) is 10.3. The van der Waals surface area contributed by atoms with Crippen molar-refractivity contribution in [3.05, 3.63) is 48.3 Å². The fraction of sp³-hybridized carbons (Fsp3) is 0.0769. The summed E-state index contributed by atoms with van der Waals surface area (Å²) >= 11 is 0.